The third kappa shape index (κ3) is 5.09. The molecule has 1 aromatic carbocycles. The molecule has 1 aliphatic rings. The molecule has 27 heavy (non-hydrogen) atoms. The van der Waals surface area contributed by atoms with Gasteiger partial charge in [0, 0.05) is 13.1 Å². The first-order chi connectivity index (χ1) is 13.0. The molecular formula is C20H28N4O3. The first-order valence-electron chi connectivity index (χ1n) is 9.44. The quantitative estimate of drug-likeness (QED) is 0.392. The van der Waals surface area contributed by atoms with E-state index in [4.69, 9.17) is 11.5 Å². The Balaban J connectivity index is 1.96. The molecule has 1 saturated heterocycles. The molecule has 1 aliphatic heterocycles. The van der Waals surface area contributed by atoms with E-state index >= 15 is 0 Å². The van der Waals surface area contributed by atoms with Crippen molar-refractivity contribution in [2.24, 2.45) is 11.5 Å². The Labute approximate surface area is 160 Å². The van der Waals surface area contributed by atoms with Crippen molar-refractivity contribution in [3.05, 3.63) is 47.3 Å². The number of barbiturate groups is 1. The number of imide groups is 2. The van der Waals surface area contributed by atoms with Crippen LogP contribution in [0.5, 0.6) is 0 Å². The molecule has 0 aromatic heterocycles. The Morgan fingerprint density at radius 3 is 2.00 bits per heavy atom. The Morgan fingerprint density at radius 2 is 1.44 bits per heavy atom. The predicted molar refractivity (Wildman–Crippen MR) is 103 cm³/mol. The largest absolute Gasteiger partial charge is 0.385 e. The lowest BCUT2D eigenvalue weighted by atomic mass is 10.1. The van der Waals surface area contributed by atoms with Gasteiger partial charge >= 0.3 is 6.03 Å². The van der Waals surface area contributed by atoms with Crippen LogP contribution in [-0.4, -0.2) is 40.7 Å². The van der Waals surface area contributed by atoms with E-state index in [2.05, 4.69) is 12.1 Å². The second kappa shape index (κ2) is 9.75. The van der Waals surface area contributed by atoms with Gasteiger partial charge in [0.15, 0.2) is 0 Å². The number of hydrogen-bond donors (Lipinski definition) is 2. The van der Waals surface area contributed by atoms with E-state index in [1.165, 1.54) is 5.56 Å². The van der Waals surface area contributed by atoms with Gasteiger partial charge in [0.25, 0.3) is 11.8 Å². The number of carbonyl (C=O) groups is 3. The zero-order valence-corrected chi connectivity index (χ0v) is 15.8. The summed E-state index contributed by atoms with van der Waals surface area (Å²) in [5.74, 6) is -1.73. The Bertz CT molecular complexity index is 711. The van der Waals surface area contributed by atoms with Gasteiger partial charge in [0.2, 0.25) is 0 Å². The second-order valence-electron chi connectivity index (χ2n) is 6.68. The number of carbonyl (C=O) groups excluding carboxylic acids is 3. The molecule has 4 amide bonds. The molecule has 1 aromatic rings. The lowest BCUT2D eigenvalue weighted by Crippen LogP contribution is -2.57. The van der Waals surface area contributed by atoms with Gasteiger partial charge in [-0.05, 0) is 31.2 Å². The van der Waals surface area contributed by atoms with Crippen LogP contribution in [0, 0.1) is 0 Å². The Hall–Kier alpha value is -2.83. The molecule has 0 bridgehead atoms. The van der Waals surface area contributed by atoms with Gasteiger partial charge in [-0.3, -0.25) is 19.4 Å². The highest BCUT2D eigenvalue weighted by Gasteiger charge is 2.42. The van der Waals surface area contributed by atoms with Gasteiger partial charge in [-0.15, -0.1) is 0 Å². The van der Waals surface area contributed by atoms with E-state index in [0.717, 1.165) is 35.5 Å². The molecule has 1 fully saturated rings. The molecule has 7 nitrogen and oxygen atoms in total. The van der Waals surface area contributed by atoms with Crippen LogP contribution in [0.4, 0.5) is 4.79 Å². The molecule has 7 heteroatoms. The lowest BCUT2D eigenvalue weighted by Gasteiger charge is -2.34. The zero-order chi connectivity index (χ0) is 19.8. The average molecular weight is 372 g/mol. The molecule has 0 unspecified atom stereocenters. The van der Waals surface area contributed by atoms with Crippen molar-refractivity contribution in [1.82, 2.24) is 9.80 Å². The van der Waals surface area contributed by atoms with E-state index in [0.29, 0.717) is 12.8 Å². The summed E-state index contributed by atoms with van der Waals surface area (Å²) >= 11 is 0. The fraction of sp³-hybridized carbons (Fsp3) is 0.450. The van der Waals surface area contributed by atoms with E-state index < -0.39 is 17.8 Å². The third-order valence-corrected chi connectivity index (χ3v) is 4.59. The summed E-state index contributed by atoms with van der Waals surface area (Å²) < 4.78 is 0. The molecule has 0 radical (unpaired) electrons. The van der Waals surface area contributed by atoms with Gasteiger partial charge in [-0.25, -0.2) is 4.79 Å². The maximum atomic E-state index is 12.6. The van der Waals surface area contributed by atoms with Crippen LogP contribution in [0.1, 0.15) is 44.6 Å². The first-order valence-corrected chi connectivity index (χ1v) is 9.44. The maximum Gasteiger partial charge on any atom is 0.333 e. The molecule has 0 aliphatic carbocycles. The molecule has 146 valence electrons. The van der Waals surface area contributed by atoms with E-state index in [1.807, 2.05) is 25.1 Å². The lowest BCUT2D eigenvalue weighted by molar-refractivity contribution is -0.136. The minimum atomic E-state index is -0.696. The summed E-state index contributed by atoms with van der Waals surface area (Å²) in [5, 5.41) is 0. The highest BCUT2D eigenvalue weighted by Crippen LogP contribution is 2.19. The smallest absolute Gasteiger partial charge is 0.333 e. The summed E-state index contributed by atoms with van der Waals surface area (Å²) in [6, 6.07) is 9.58. The fourth-order valence-electron chi connectivity index (χ4n) is 3.06. The predicted octanol–water partition coefficient (Wildman–Crippen LogP) is 2.12. The number of nitrogens with zero attached hydrogens (tertiary/aromatic N) is 2. The van der Waals surface area contributed by atoms with Crippen LogP contribution in [-0.2, 0) is 16.0 Å². The van der Waals surface area contributed by atoms with Crippen molar-refractivity contribution >= 4 is 17.8 Å². The number of nitrogens with two attached hydrogens (primary N) is 2. The molecule has 0 atom stereocenters. The monoisotopic (exact) mass is 372 g/mol. The number of unbranched alkanes of at least 4 members (excludes halogenated alkanes) is 3. The van der Waals surface area contributed by atoms with Gasteiger partial charge in [0.05, 0.1) is 0 Å². The van der Waals surface area contributed by atoms with Crippen molar-refractivity contribution in [2.75, 3.05) is 13.1 Å². The normalized spacial score (nSPS) is 14.9. The van der Waals surface area contributed by atoms with Crippen LogP contribution in [0.25, 0.3) is 0 Å². The number of benzene rings is 1. The third-order valence-electron chi connectivity index (χ3n) is 4.59. The minimum Gasteiger partial charge on any atom is -0.385 e. The number of rotatable bonds is 9. The fourth-order valence-corrected chi connectivity index (χ4v) is 3.06. The van der Waals surface area contributed by atoms with Crippen LogP contribution in [0.15, 0.2) is 41.7 Å². The highest BCUT2D eigenvalue weighted by molar-refractivity contribution is 6.29. The Kier molecular flexibility index (Phi) is 7.40. The van der Waals surface area contributed by atoms with Crippen LogP contribution in [0.3, 0.4) is 0 Å². The maximum absolute atomic E-state index is 12.6. The van der Waals surface area contributed by atoms with Gasteiger partial charge in [0.1, 0.15) is 11.4 Å². The number of hydrogen-bond acceptors (Lipinski definition) is 5. The van der Waals surface area contributed by atoms with Crippen molar-refractivity contribution in [3.8, 4) is 0 Å². The van der Waals surface area contributed by atoms with Crippen molar-refractivity contribution in [3.63, 3.8) is 0 Å². The number of amides is 4. The summed E-state index contributed by atoms with van der Waals surface area (Å²) in [7, 11) is 0. The second-order valence-corrected chi connectivity index (χ2v) is 6.68. The molecule has 0 saturated carbocycles. The SMILES string of the molecule is CCCCN1C(=O)C(=C(N)N)C(=O)N(CCCCCc2ccccc2)C1=O. The van der Waals surface area contributed by atoms with Gasteiger partial charge < -0.3 is 11.5 Å². The summed E-state index contributed by atoms with van der Waals surface area (Å²) in [5.41, 5.74) is 12.0. The average Bonchev–Trinajstić information content (AvgIpc) is 2.64. The van der Waals surface area contributed by atoms with Crippen molar-refractivity contribution in [2.45, 2.75) is 45.4 Å². The summed E-state index contributed by atoms with van der Waals surface area (Å²) in [4.78, 5) is 39.7. The molecular weight excluding hydrogens is 344 g/mol. The Morgan fingerprint density at radius 1 is 0.852 bits per heavy atom. The van der Waals surface area contributed by atoms with Gasteiger partial charge in [-0.1, -0.05) is 50.1 Å². The number of aryl methyl sites for hydroxylation is 1. The van der Waals surface area contributed by atoms with E-state index in [-0.39, 0.29) is 24.5 Å². The molecule has 0 spiro atoms. The first kappa shape index (κ1) is 20.5. The number of urea groups is 1. The van der Waals surface area contributed by atoms with Gasteiger partial charge in [-0.2, -0.15) is 0 Å². The van der Waals surface area contributed by atoms with Crippen LogP contribution in [0.2, 0.25) is 0 Å². The van der Waals surface area contributed by atoms with Crippen LogP contribution < -0.4 is 11.5 Å². The van der Waals surface area contributed by atoms with Crippen molar-refractivity contribution in [1.29, 1.82) is 0 Å². The zero-order valence-electron chi connectivity index (χ0n) is 15.8. The molecule has 4 N–H and O–H groups in total. The van der Waals surface area contributed by atoms with E-state index in [1.54, 1.807) is 0 Å². The van der Waals surface area contributed by atoms with Crippen LogP contribution >= 0.6 is 0 Å². The van der Waals surface area contributed by atoms with Crippen molar-refractivity contribution < 1.29 is 14.4 Å². The molecule has 1 heterocycles. The van der Waals surface area contributed by atoms with E-state index in [9.17, 15) is 14.4 Å². The molecule has 2 rings (SSSR count). The topological polar surface area (TPSA) is 110 Å². The standard InChI is InChI=1S/C20H28N4O3/c1-2-3-13-23-18(25)16(17(21)22)19(26)24(20(23)27)14-9-5-8-12-15-10-6-4-7-11-15/h4,6-7,10-11H,2-3,5,8-9,12-14,21-22H2,1H3. The summed E-state index contributed by atoms with van der Waals surface area (Å²) in [6.07, 6.45) is 4.92. The minimum absolute atomic E-state index is 0.249. The highest BCUT2D eigenvalue weighted by atomic mass is 16.2. The summed E-state index contributed by atoms with van der Waals surface area (Å²) in [6.45, 7) is 2.46.